The van der Waals surface area contributed by atoms with Gasteiger partial charge in [-0.15, -0.1) is 0 Å². The number of nitrogens with one attached hydrogen (secondary N) is 1. The van der Waals surface area contributed by atoms with Gasteiger partial charge in [0.2, 0.25) is 0 Å². The quantitative estimate of drug-likeness (QED) is 0.128. The van der Waals surface area contributed by atoms with Gasteiger partial charge >= 0.3 is 0 Å². The molecule has 2 aliphatic heterocycles. The number of aldehydes is 1. The van der Waals surface area contributed by atoms with E-state index in [1.807, 2.05) is 60.9 Å². The number of anilines is 2. The van der Waals surface area contributed by atoms with Gasteiger partial charge in [0.15, 0.2) is 0 Å². The Morgan fingerprint density at radius 1 is 0.554 bits per heavy atom. The summed E-state index contributed by atoms with van der Waals surface area (Å²) in [5, 5.41) is 8.10. The first-order valence-electron chi connectivity index (χ1n) is 24.6. The van der Waals surface area contributed by atoms with Crippen LogP contribution in [0.25, 0.3) is 21.5 Å². The van der Waals surface area contributed by atoms with Crippen molar-refractivity contribution in [1.29, 1.82) is 0 Å². The van der Waals surface area contributed by atoms with Gasteiger partial charge in [-0.3, -0.25) is 9.69 Å². The van der Waals surface area contributed by atoms with E-state index in [0.717, 1.165) is 111 Å². The Morgan fingerprint density at radius 2 is 1.05 bits per heavy atom. The molecule has 0 atom stereocenters. The van der Waals surface area contributed by atoms with E-state index in [1.54, 1.807) is 0 Å². The number of hydrogen-bond acceptors (Lipinski definition) is 9. The highest BCUT2D eigenvalue weighted by Gasteiger charge is 2.23. The van der Waals surface area contributed by atoms with E-state index in [4.69, 9.17) is 9.47 Å². The summed E-state index contributed by atoms with van der Waals surface area (Å²) in [4.78, 5) is 26.8. The van der Waals surface area contributed by atoms with Gasteiger partial charge < -0.3 is 24.6 Å². The van der Waals surface area contributed by atoms with Crippen molar-refractivity contribution in [1.82, 2.24) is 20.2 Å². The zero-order valence-corrected chi connectivity index (χ0v) is 38.8. The SMILES string of the molecule is CCC1CCC(Oc2ccc3cc(C=O)ccc3c2)CC1.CCC1CCC(Oc2ccc3cc(CN4CCN(c5ccccn5)CC4)ccc3c2)CC1.c1ccc(N2CCNCC2)nc1. The van der Waals surface area contributed by atoms with Crippen molar-refractivity contribution >= 4 is 39.5 Å². The predicted octanol–water partition coefficient (Wildman–Crippen LogP) is 11.4. The molecule has 0 unspecified atom stereocenters. The maximum Gasteiger partial charge on any atom is 0.150 e. The second-order valence-electron chi connectivity index (χ2n) is 18.4. The van der Waals surface area contributed by atoms with Gasteiger partial charge in [-0.1, -0.05) is 75.2 Å². The van der Waals surface area contributed by atoms with Crippen LogP contribution in [-0.2, 0) is 6.54 Å². The highest BCUT2D eigenvalue weighted by atomic mass is 16.5. The van der Waals surface area contributed by atoms with Crippen LogP contribution in [-0.4, -0.2) is 85.7 Å². The Hall–Kier alpha value is -5.51. The molecule has 4 heterocycles. The molecule has 2 saturated heterocycles. The van der Waals surface area contributed by atoms with Gasteiger partial charge in [-0.05, 0) is 151 Å². The molecule has 4 aromatic carbocycles. The van der Waals surface area contributed by atoms with Gasteiger partial charge in [-0.2, -0.15) is 0 Å². The molecule has 0 radical (unpaired) electrons. The summed E-state index contributed by atoms with van der Waals surface area (Å²) >= 11 is 0. The number of piperazine rings is 2. The van der Waals surface area contributed by atoms with Crippen LogP contribution in [0.4, 0.5) is 11.6 Å². The van der Waals surface area contributed by atoms with Crippen LogP contribution in [0, 0.1) is 11.8 Å². The Labute approximate surface area is 387 Å². The maximum atomic E-state index is 10.8. The van der Waals surface area contributed by atoms with E-state index in [0.29, 0.717) is 17.8 Å². The molecular weight excluding hydrogens is 805 g/mol. The lowest BCUT2D eigenvalue weighted by Gasteiger charge is -2.35. The molecule has 342 valence electrons. The summed E-state index contributed by atoms with van der Waals surface area (Å²) < 4.78 is 12.5. The van der Waals surface area contributed by atoms with Gasteiger partial charge in [0.1, 0.15) is 29.4 Å². The number of nitrogens with zero attached hydrogens (tertiary/aromatic N) is 5. The molecule has 9 heteroatoms. The number of pyridine rings is 2. The second kappa shape index (κ2) is 23.6. The van der Waals surface area contributed by atoms with Crippen molar-refractivity contribution in [3.63, 3.8) is 0 Å². The highest BCUT2D eigenvalue weighted by molar-refractivity contribution is 5.89. The van der Waals surface area contributed by atoms with Gasteiger partial charge in [-0.25, -0.2) is 9.97 Å². The normalized spacial score (nSPS) is 21.4. The summed E-state index contributed by atoms with van der Waals surface area (Å²) in [5.41, 5.74) is 2.10. The summed E-state index contributed by atoms with van der Waals surface area (Å²) in [6.07, 6.45) is 17.9. The molecule has 4 fully saturated rings. The van der Waals surface area contributed by atoms with E-state index in [9.17, 15) is 4.79 Å². The molecule has 0 amide bonds. The van der Waals surface area contributed by atoms with Crippen LogP contribution in [0.5, 0.6) is 11.5 Å². The monoisotopic (exact) mass is 875 g/mol. The lowest BCUT2D eigenvalue weighted by atomic mass is 9.86. The highest BCUT2D eigenvalue weighted by Crippen LogP contribution is 2.32. The number of ether oxygens (including phenoxy) is 2. The van der Waals surface area contributed by atoms with Crippen molar-refractivity contribution < 1.29 is 14.3 Å². The fourth-order valence-electron chi connectivity index (χ4n) is 9.90. The van der Waals surface area contributed by atoms with Crippen LogP contribution in [0.15, 0.2) is 122 Å². The maximum absolute atomic E-state index is 10.8. The van der Waals surface area contributed by atoms with Crippen LogP contribution >= 0.6 is 0 Å². The molecule has 65 heavy (non-hydrogen) atoms. The van der Waals surface area contributed by atoms with Crippen LogP contribution < -0.4 is 24.6 Å². The van der Waals surface area contributed by atoms with E-state index in [2.05, 4.69) is 104 Å². The Bertz CT molecular complexity index is 2350. The van der Waals surface area contributed by atoms with Crippen molar-refractivity contribution in [3.05, 3.63) is 133 Å². The number of carbonyl (C=O) groups excluding carboxylic acids is 1. The fourth-order valence-corrected chi connectivity index (χ4v) is 9.90. The summed E-state index contributed by atoms with van der Waals surface area (Å²) in [7, 11) is 0. The average molecular weight is 875 g/mol. The zero-order valence-electron chi connectivity index (χ0n) is 38.8. The minimum atomic E-state index is 0.361. The number of carbonyl (C=O) groups is 1. The minimum Gasteiger partial charge on any atom is -0.490 e. The Balaban J connectivity index is 0.000000149. The summed E-state index contributed by atoms with van der Waals surface area (Å²) in [5.74, 6) is 5.96. The van der Waals surface area contributed by atoms with Crippen molar-refractivity contribution in [2.75, 3.05) is 62.2 Å². The standard InChI is InChI=1S/C28H35N3O.C19H22O2.C9H13N3/c1-2-22-7-11-26(12-8-22)32-27-13-10-24-19-23(6-9-25(24)20-27)21-30-15-17-31(18-16-30)28-5-3-4-14-29-28;1-2-14-4-8-18(9-5-14)21-19-10-7-16-11-15(13-20)3-6-17(16)12-19;1-2-4-11-9(3-1)12-7-5-10-6-8-12/h3-6,9-10,13-14,19-20,22,26H,2,7-8,11-12,15-18,21H2,1H3;3,6-7,10-14,18H,2,4-5,8-9H2,1H3;1-4,10H,5-8H2. The lowest BCUT2D eigenvalue weighted by Crippen LogP contribution is -2.46. The largest absolute Gasteiger partial charge is 0.490 e. The Morgan fingerprint density at radius 3 is 1.55 bits per heavy atom. The first kappa shape index (κ1) is 46.0. The van der Waals surface area contributed by atoms with Gasteiger partial charge in [0.05, 0.1) is 12.2 Å². The molecule has 1 N–H and O–H groups in total. The molecule has 0 bridgehead atoms. The van der Waals surface area contributed by atoms with Crippen molar-refractivity contribution in [3.8, 4) is 11.5 Å². The molecule has 2 saturated carbocycles. The smallest absolute Gasteiger partial charge is 0.150 e. The van der Waals surface area contributed by atoms with Gasteiger partial charge in [0, 0.05) is 76.9 Å². The molecule has 0 spiro atoms. The molecule has 10 rings (SSSR count). The third-order valence-corrected chi connectivity index (χ3v) is 14.0. The van der Waals surface area contributed by atoms with Crippen molar-refractivity contribution in [2.24, 2.45) is 11.8 Å². The molecule has 2 aliphatic carbocycles. The van der Waals surface area contributed by atoms with Crippen LogP contribution in [0.2, 0.25) is 0 Å². The topological polar surface area (TPSA) is 83.1 Å². The number of fused-ring (bicyclic) bond motifs is 2. The second-order valence-corrected chi connectivity index (χ2v) is 18.4. The fraction of sp³-hybridized carbons (Fsp3) is 0.446. The molecule has 4 aliphatic rings. The predicted molar refractivity (Wildman–Crippen MR) is 268 cm³/mol. The molecular formula is C56H70N6O3. The van der Waals surface area contributed by atoms with Crippen LogP contribution in [0.1, 0.15) is 94.0 Å². The lowest BCUT2D eigenvalue weighted by molar-refractivity contribution is 0.112. The summed E-state index contributed by atoms with van der Waals surface area (Å²) in [6, 6.07) is 37.6. The average Bonchev–Trinajstić information content (AvgIpc) is 3.38. The number of hydrogen-bond donors (Lipinski definition) is 1. The number of aromatic nitrogens is 2. The molecule has 2 aromatic heterocycles. The van der Waals surface area contributed by atoms with E-state index < -0.39 is 0 Å². The Kier molecular flexibility index (Phi) is 16.7. The number of benzene rings is 4. The zero-order chi connectivity index (χ0) is 44.6. The minimum absolute atomic E-state index is 0.361. The molecule has 6 aromatic rings. The van der Waals surface area contributed by atoms with Crippen molar-refractivity contribution in [2.45, 2.75) is 96.8 Å². The van der Waals surface area contributed by atoms with Gasteiger partial charge in [0.25, 0.3) is 0 Å². The third kappa shape index (κ3) is 13.3. The summed E-state index contributed by atoms with van der Waals surface area (Å²) in [6.45, 7) is 14.1. The van der Waals surface area contributed by atoms with E-state index in [1.165, 1.54) is 80.5 Å². The number of rotatable bonds is 11. The van der Waals surface area contributed by atoms with Crippen LogP contribution in [0.3, 0.4) is 0 Å². The first-order valence-corrected chi connectivity index (χ1v) is 24.6. The van der Waals surface area contributed by atoms with E-state index in [-0.39, 0.29) is 0 Å². The first-order chi connectivity index (χ1) is 32.0. The van der Waals surface area contributed by atoms with E-state index >= 15 is 0 Å². The third-order valence-electron chi connectivity index (χ3n) is 14.0. The molecule has 9 nitrogen and oxygen atoms in total.